The summed E-state index contributed by atoms with van der Waals surface area (Å²) in [7, 11) is 0. The van der Waals surface area contributed by atoms with Gasteiger partial charge in [-0.05, 0) is 42.5 Å². The Kier molecular flexibility index (Phi) is 6.76. The van der Waals surface area contributed by atoms with E-state index in [4.69, 9.17) is 5.26 Å². The fourth-order valence-corrected chi connectivity index (χ4v) is 2.87. The van der Waals surface area contributed by atoms with Crippen LogP contribution in [0.4, 0.5) is 10.1 Å². The molecular weight excluding hydrogens is 405 g/mol. The largest absolute Gasteiger partial charge is 0.349 e. The van der Waals surface area contributed by atoms with Crippen LogP contribution in [0.2, 0.25) is 0 Å². The van der Waals surface area contributed by atoms with E-state index in [0.29, 0.717) is 11.3 Å². The smallest absolute Gasteiger partial charge is 0.206 e. The molecule has 0 amide bonds. The number of allylic oxidation sites excluding steroid dienone is 1. The Morgan fingerprint density at radius 2 is 1.92 bits per heavy atom. The minimum Gasteiger partial charge on any atom is -0.349 e. The Balaban J connectivity index is 2.42. The number of thioether (sulfide) groups is 1. The van der Waals surface area contributed by atoms with Gasteiger partial charge in [0.15, 0.2) is 0 Å². The predicted octanol–water partition coefficient (Wildman–Crippen LogP) is 4.87. The summed E-state index contributed by atoms with van der Waals surface area (Å²) in [4.78, 5) is 12.6. The van der Waals surface area contributed by atoms with Crippen LogP contribution in [0.15, 0.2) is 63.6 Å². The molecule has 0 saturated heterocycles. The van der Waals surface area contributed by atoms with E-state index in [0.717, 1.165) is 16.2 Å². The SMILES string of the molecule is N#CCSC(Nc1cccc(F)c1)=C(C#N)C(=O)c1ccc(Br)cc1. The molecule has 2 rings (SSSR count). The summed E-state index contributed by atoms with van der Waals surface area (Å²) >= 11 is 4.30. The Labute approximate surface area is 157 Å². The summed E-state index contributed by atoms with van der Waals surface area (Å²) in [5.41, 5.74) is 0.597. The van der Waals surface area contributed by atoms with E-state index >= 15 is 0 Å². The maximum Gasteiger partial charge on any atom is 0.206 e. The van der Waals surface area contributed by atoms with Crippen molar-refractivity contribution in [1.29, 1.82) is 10.5 Å². The van der Waals surface area contributed by atoms with Crippen LogP contribution in [-0.2, 0) is 0 Å². The van der Waals surface area contributed by atoms with E-state index in [1.807, 2.05) is 12.1 Å². The number of nitrogens with one attached hydrogen (secondary N) is 1. The van der Waals surface area contributed by atoms with Crippen LogP contribution in [0.25, 0.3) is 0 Å². The Morgan fingerprint density at radius 3 is 2.52 bits per heavy atom. The maximum absolute atomic E-state index is 13.4. The molecule has 1 N–H and O–H groups in total. The number of Topliss-reactive ketones (excluding diaryl/α,β-unsaturated/α-hetero) is 1. The van der Waals surface area contributed by atoms with Gasteiger partial charge in [-0.1, -0.05) is 33.8 Å². The second kappa shape index (κ2) is 9.03. The molecule has 4 nitrogen and oxygen atoms in total. The van der Waals surface area contributed by atoms with E-state index < -0.39 is 11.6 Å². The number of carbonyl (C=O) groups excluding carboxylic acids is 1. The molecular formula is C18H11BrFN3OS. The summed E-state index contributed by atoms with van der Waals surface area (Å²) in [6, 6.07) is 16.1. The summed E-state index contributed by atoms with van der Waals surface area (Å²) in [5, 5.41) is 21.4. The molecule has 0 spiro atoms. The van der Waals surface area contributed by atoms with Crippen LogP contribution in [0.3, 0.4) is 0 Å². The third-order valence-electron chi connectivity index (χ3n) is 3.04. The number of hydrogen-bond acceptors (Lipinski definition) is 5. The quantitative estimate of drug-likeness (QED) is 0.413. The molecule has 2 aromatic carbocycles. The molecule has 0 aromatic heterocycles. The van der Waals surface area contributed by atoms with E-state index in [-0.39, 0.29) is 16.4 Å². The summed E-state index contributed by atoms with van der Waals surface area (Å²) < 4.78 is 14.2. The van der Waals surface area contributed by atoms with Crippen LogP contribution in [0.1, 0.15) is 10.4 Å². The highest BCUT2D eigenvalue weighted by Gasteiger charge is 2.18. The van der Waals surface area contributed by atoms with Gasteiger partial charge < -0.3 is 5.32 Å². The van der Waals surface area contributed by atoms with Gasteiger partial charge in [0.05, 0.1) is 16.9 Å². The van der Waals surface area contributed by atoms with Crippen molar-refractivity contribution in [2.24, 2.45) is 0 Å². The number of halogens is 2. The van der Waals surface area contributed by atoms with E-state index in [1.165, 1.54) is 18.2 Å². The lowest BCUT2D eigenvalue weighted by molar-refractivity contribution is 0.103. The highest BCUT2D eigenvalue weighted by Crippen LogP contribution is 2.25. The van der Waals surface area contributed by atoms with Crippen LogP contribution >= 0.6 is 27.7 Å². The van der Waals surface area contributed by atoms with Crippen molar-refractivity contribution >= 4 is 39.2 Å². The number of ketones is 1. The predicted molar refractivity (Wildman–Crippen MR) is 99.2 cm³/mol. The highest BCUT2D eigenvalue weighted by molar-refractivity contribution is 9.10. The lowest BCUT2D eigenvalue weighted by atomic mass is 10.1. The van der Waals surface area contributed by atoms with Crippen molar-refractivity contribution in [3.63, 3.8) is 0 Å². The first-order chi connectivity index (χ1) is 12.0. The zero-order chi connectivity index (χ0) is 18.2. The van der Waals surface area contributed by atoms with Gasteiger partial charge in [0, 0.05) is 15.7 Å². The van der Waals surface area contributed by atoms with E-state index in [9.17, 15) is 14.4 Å². The van der Waals surface area contributed by atoms with E-state index in [1.54, 1.807) is 30.3 Å². The number of rotatable bonds is 6. The normalized spacial score (nSPS) is 11.0. The summed E-state index contributed by atoms with van der Waals surface area (Å²) in [6.45, 7) is 0. The average molecular weight is 416 g/mol. The number of benzene rings is 2. The van der Waals surface area contributed by atoms with Gasteiger partial charge in [-0.3, -0.25) is 4.79 Å². The fraction of sp³-hybridized carbons (Fsp3) is 0.0556. The molecule has 7 heteroatoms. The number of nitriles is 2. The number of anilines is 1. The second-order valence-electron chi connectivity index (χ2n) is 4.73. The summed E-state index contributed by atoms with van der Waals surface area (Å²) in [6.07, 6.45) is 0. The third-order valence-corrected chi connectivity index (χ3v) is 4.43. The van der Waals surface area contributed by atoms with Gasteiger partial charge in [0.1, 0.15) is 17.5 Å². The van der Waals surface area contributed by atoms with Gasteiger partial charge in [0.2, 0.25) is 5.78 Å². The van der Waals surface area contributed by atoms with Crippen LogP contribution < -0.4 is 5.32 Å². The molecule has 0 fully saturated rings. The van der Waals surface area contributed by atoms with Crippen molar-refractivity contribution in [3.8, 4) is 12.1 Å². The van der Waals surface area contributed by atoms with Crippen LogP contribution in [0.5, 0.6) is 0 Å². The van der Waals surface area contributed by atoms with Crippen LogP contribution in [0, 0.1) is 28.5 Å². The fourth-order valence-electron chi connectivity index (χ4n) is 1.92. The van der Waals surface area contributed by atoms with Crippen molar-refractivity contribution in [2.45, 2.75) is 0 Å². The molecule has 0 radical (unpaired) electrons. The van der Waals surface area contributed by atoms with Gasteiger partial charge in [-0.15, -0.1) is 0 Å². The topological polar surface area (TPSA) is 76.7 Å². The first-order valence-corrected chi connectivity index (χ1v) is 8.80. The lowest BCUT2D eigenvalue weighted by Crippen LogP contribution is -2.09. The van der Waals surface area contributed by atoms with Gasteiger partial charge in [-0.25, -0.2) is 4.39 Å². The van der Waals surface area contributed by atoms with Gasteiger partial charge >= 0.3 is 0 Å². The van der Waals surface area contributed by atoms with Crippen molar-refractivity contribution in [2.75, 3.05) is 11.1 Å². The average Bonchev–Trinajstić information content (AvgIpc) is 2.60. The molecule has 0 aliphatic heterocycles. The van der Waals surface area contributed by atoms with Crippen LogP contribution in [-0.4, -0.2) is 11.5 Å². The highest BCUT2D eigenvalue weighted by atomic mass is 79.9. The molecule has 0 saturated carbocycles. The molecule has 0 atom stereocenters. The van der Waals surface area contributed by atoms with E-state index in [2.05, 4.69) is 21.2 Å². The number of hydrogen-bond donors (Lipinski definition) is 1. The van der Waals surface area contributed by atoms with Crippen molar-refractivity contribution in [1.82, 2.24) is 0 Å². The molecule has 0 unspecified atom stereocenters. The maximum atomic E-state index is 13.4. The molecule has 2 aromatic rings. The Morgan fingerprint density at radius 1 is 1.20 bits per heavy atom. The molecule has 0 heterocycles. The zero-order valence-corrected chi connectivity index (χ0v) is 15.2. The number of carbonyl (C=O) groups is 1. The molecule has 0 aliphatic carbocycles. The summed E-state index contributed by atoms with van der Waals surface area (Å²) in [5.74, 6) is -0.886. The molecule has 0 aliphatic rings. The minimum atomic E-state index is -0.473. The Hall–Kier alpha value is -2.61. The number of nitrogens with zero attached hydrogens (tertiary/aromatic N) is 2. The minimum absolute atomic E-state index is 0.0381. The Bertz CT molecular complexity index is 898. The molecule has 124 valence electrons. The first kappa shape index (κ1) is 18.7. The third kappa shape index (κ3) is 5.18. The van der Waals surface area contributed by atoms with Gasteiger partial charge in [0.25, 0.3) is 0 Å². The monoisotopic (exact) mass is 415 g/mol. The van der Waals surface area contributed by atoms with Gasteiger partial charge in [-0.2, -0.15) is 10.5 Å². The molecule has 0 bridgehead atoms. The first-order valence-electron chi connectivity index (χ1n) is 7.02. The standard InChI is InChI=1S/C18H11BrFN3OS/c19-13-6-4-12(5-7-13)17(24)16(11-22)18(25-9-8-21)23-15-3-1-2-14(20)10-15/h1-7,10,23H,9H2. The zero-order valence-electron chi connectivity index (χ0n) is 12.8. The molecule has 25 heavy (non-hydrogen) atoms. The van der Waals surface area contributed by atoms with Crippen molar-refractivity contribution in [3.05, 3.63) is 75.0 Å². The second-order valence-corrected chi connectivity index (χ2v) is 6.64. The van der Waals surface area contributed by atoms with Crippen molar-refractivity contribution < 1.29 is 9.18 Å². The lowest BCUT2D eigenvalue weighted by Gasteiger charge is -2.12.